The Bertz CT molecular complexity index is 463. The van der Waals surface area contributed by atoms with Gasteiger partial charge < -0.3 is 5.32 Å². The first-order chi connectivity index (χ1) is 9.09. The molecule has 1 unspecified atom stereocenters. The zero-order valence-corrected chi connectivity index (χ0v) is 11.6. The van der Waals surface area contributed by atoms with Crippen LogP contribution in [0.15, 0.2) is 6.33 Å². The average Bonchev–Trinajstić information content (AvgIpc) is 2.39. The van der Waals surface area contributed by atoms with Crippen molar-refractivity contribution >= 4 is 23.1 Å². The molecule has 1 atom stereocenters. The van der Waals surface area contributed by atoms with Gasteiger partial charge in [0.25, 0.3) is 0 Å². The van der Waals surface area contributed by atoms with Gasteiger partial charge in [0.15, 0.2) is 0 Å². The number of rotatable bonds is 4. The number of hydrogen-bond acceptors (Lipinski definition) is 5. The highest BCUT2D eigenvalue weighted by Crippen LogP contribution is 2.32. The zero-order chi connectivity index (χ0) is 13.8. The highest BCUT2D eigenvalue weighted by Gasteiger charge is 2.26. The van der Waals surface area contributed by atoms with Gasteiger partial charge >= 0.3 is 5.69 Å². The van der Waals surface area contributed by atoms with Crippen molar-refractivity contribution in [3.8, 4) is 0 Å². The lowest BCUT2D eigenvalue weighted by Gasteiger charge is -2.28. The van der Waals surface area contributed by atoms with Crippen LogP contribution in [0.25, 0.3) is 0 Å². The van der Waals surface area contributed by atoms with Crippen LogP contribution in [0, 0.1) is 16.0 Å². The summed E-state index contributed by atoms with van der Waals surface area (Å²) in [6, 6.07) is 0.143. The summed E-state index contributed by atoms with van der Waals surface area (Å²) in [5.41, 5.74) is -0.244. The third-order valence-electron chi connectivity index (χ3n) is 3.68. The largest absolute Gasteiger partial charge is 0.361 e. The van der Waals surface area contributed by atoms with E-state index in [1.54, 1.807) is 0 Å². The molecule has 0 aromatic carbocycles. The highest BCUT2D eigenvalue weighted by molar-refractivity contribution is 6.31. The van der Waals surface area contributed by atoms with Crippen molar-refractivity contribution in [2.45, 2.75) is 45.1 Å². The van der Waals surface area contributed by atoms with Gasteiger partial charge in [-0.25, -0.2) is 9.97 Å². The Morgan fingerprint density at radius 3 is 2.74 bits per heavy atom. The second-order valence-corrected chi connectivity index (χ2v) is 5.31. The van der Waals surface area contributed by atoms with Gasteiger partial charge in [0.1, 0.15) is 6.33 Å². The second kappa shape index (κ2) is 6.14. The Morgan fingerprint density at radius 2 is 2.11 bits per heavy atom. The SMILES string of the molecule is CC(Nc1ncnc(Cl)c1[N+](=O)[O-])C1CCCCC1. The molecule has 6 nitrogen and oxygen atoms in total. The molecule has 1 aromatic rings. The first-order valence-corrected chi connectivity index (χ1v) is 6.89. The molecule has 0 amide bonds. The Balaban J connectivity index is 2.14. The van der Waals surface area contributed by atoms with E-state index in [2.05, 4.69) is 15.3 Å². The monoisotopic (exact) mass is 284 g/mol. The van der Waals surface area contributed by atoms with Crippen molar-refractivity contribution in [1.29, 1.82) is 0 Å². The minimum Gasteiger partial charge on any atom is -0.361 e. The molecule has 2 rings (SSSR count). The van der Waals surface area contributed by atoms with E-state index in [0.29, 0.717) is 5.92 Å². The van der Waals surface area contributed by atoms with Gasteiger partial charge in [0.05, 0.1) is 4.92 Å². The van der Waals surface area contributed by atoms with Crippen LogP contribution in [0.5, 0.6) is 0 Å². The lowest BCUT2D eigenvalue weighted by Crippen LogP contribution is -2.28. The Hall–Kier alpha value is -1.43. The van der Waals surface area contributed by atoms with E-state index in [-0.39, 0.29) is 22.7 Å². The molecular weight excluding hydrogens is 268 g/mol. The lowest BCUT2D eigenvalue weighted by atomic mass is 9.84. The summed E-state index contributed by atoms with van der Waals surface area (Å²) in [6.45, 7) is 2.04. The fourth-order valence-electron chi connectivity index (χ4n) is 2.59. The van der Waals surface area contributed by atoms with Gasteiger partial charge in [-0.05, 0) is 25.7 Å². The molecule has 1 fully saturated rings. The Morgan fingerprint density at radius 1 is 1.42 bits per heavy atom. The molecule has 0 aliphatic heterocycles. The van der Waals surface area contributed by atoms with E-state index < -0.39 is 4.92 Å². The van der Waals surface area contributed by atoms with Crippen molar-refractivity contribution < 1.29 is 4.92 Å². The van der Waals surface area contributed by atoms with Gasteiger partial charge in [-0.3, -0.25) is 10.1 Å². The maximum Gasteiger partial charge on any atom is 0.348 e. The predicted molar refractivity (Wildman–Crippen MR) is 73.4 cm³/mol. The fraction of sp³-hybridized carbons (Fsp3) is 0.667. The molecule has 1 N–H and O–H groups in total. The zero-order valence-electron chi connectivity index (χ0n) is 10.8. The highest BCUT2D eigenvalue weighted by atomic mass is 35.5. The Labute approximate surface area is 116 Å². The number of hydrogen-bond donors (Lipinski definition) is 1. The predicted octanol–water partition coefficient (Wildman–Crippen LogP) is 3.42. The number of anilines is 1. The van der Waals surface area contributed by atoms with Crippen molar-refractivity contribution in [2.24, 2.45) is 5.92 Å². The van der Waals surface area contributed by atoms with Crippen LogP contribution in [-0.2, 0) is 0 Å². The summed E-state index contributed by atoms with van der Waals surface area (Å²) in [6.07, 6.45) is 7.28. The summed E-state index contributed by atoms with van der Waals surface area (Å²) in [5.74, 6) is 0.741. The summed E-state index contributed by atoms with van der Waals surface area (Å²) in [5, 5.41) is 14.0. The van der Waals surface area contributed by atoms with Crippen molar-refractivity contribution in [2.75, 3.05) is 5.32 Å². The molecule has 0 radical (unpaired) electrons. The van der Waals surface area contributed by atoms with Crippen LogP contribution in [0.3, 0.4) is 0 Å². The van der Waals surface area contributed by atoms with E-state index in [0.717, 1.165) is 12.8 Å². The minimum absolute atomic E-state index is 0.127. The second-order valence-electron chi connectivity index (χ2n) is 4.95. The van der Waals surface area contributed by atoms with E-state index in [1.165, 1.54) is 25.6 Å². The smallest absolute Gasteiger partial charge is 0.348 e. The molecule has 0 spiro atoms. The third kappa shape index (κ3) is 3.32. The molecule has 7 heteroatoms. The van der Waals surface area contributed by atoms with Crippen LogP contribution in [0.2, 0.25) is 5.15 Å². The standard InChI is InChI=1S/C12H17ClN4O2/c1-8(9-5-3-2-4-6-9)16-12-10(17(18)19)11(13)14-7-15-12/h7-9H,2-6H2,1H3,(H,14,15,16). The van der Waals surface area contributed by atoms with Crippen LogP contribution in [-0.4, -0.2) is 20.9 Å². The maximum atomic E-state index is 11.0. The summed E-state index contributed by atoms with van der Waals surface area (Å²) >= 11 is 5.76. The summed E-state index contributed by atoms with van der Waals surface area (Å²) in [4.78, 5) is 18.1. The molecule has 1 aliphatic carbocycles. The molecule has 1 aromatic heterocycles. The molecule has 1 heterocycles. The van der Waals surface area contributed by atoms with Gasteiger partial charge in [0.2, 0.25) is 11.0 Å². The first-order valence-electron chi connectivity index (χ1n) is 6.51. The fourth-order valence-corrected chi connectivity index (χ4v) is 2.79. The van der Waals surface area contributed by atoms with E-state index in [9.17, 15) is 10.1 Å². The van der Waals surface area contributed by atoms with E-state index in [4.69, 9.17) is 11.6 Å². The normalized spacial score (nSPS) is 18.0. The van der Waals surface area contributed by atoms with Gasteiger partial charge in [0, 0.05) is 6.04 Å². The van der Waals surface area contributed by atoms with Crippen molar-refractivity contribution in [3.63, 3.8) is 0 Å². The molecule has 0 saturated heterocycles. The molecule has 1 saturated carbocycles. The van der Waals surface area contributed by atoms with Gasteiger partial charge in [-0.1, -0.05) is 30.9 Å². The number of nitrogens with one attached hydrogen (secondary N) is 1. The molecule has 1 aliphatic rings. The van der Waals surface area contributed by atoms with Crippen LogP contribution in [0.4, 0.5) is 11.5 Å². The van der Waals surface area contributed by atoms with Crippen LogP contribution >= 0.6 is 11.6 Å². The lowest BCUT2D eigenvalue weighted by molar-refractivity contribution is -0.384. The van der Waals surface area contributed by atoms with E-state index in [1.807, 2.05) is 6.92 Å². The van der Waals surface area contributed by atoms with Crippen molar-refractivity contribution in [1.82, 2.24) is 9.97 Å². The number of nitro groups is 1. The Kier molecular flexibility index (Phi) is 4.52. The van der Waals surface area contributed by atoms with Crippen LogP contribution < -0.4 is 5.32 Å². The van der Waals surface area contributed by atoms with Gasteiger partial charge in [-0.2, -0.15) is 0 Å². The maximum absolute atomic E-state index is 11.0. The summed E-state index contributed by atoms with van der Waals surface area (Å²) in [7, 11) is 0. The first kappa shape index (κ1) is 14.0. The number of nitrogens with zero attached hydrogens (tertiary/aromatic N) is 3. The summed E-state index contributed by atoms with van der Waals surface area (Å²) < 4.78 is 0. The van der Waals surface area contributed by atoms with Crippen LogP contribution in [0.1, 0.15) is 39.0 Å². The molecule has 104 valence electrons. The minimum atomic E-state index is -0.543. The molecule has 0 bridgehead atoms. The molecular formula is C12H17ClN4O2. The topological polar surface area (TPSA) is 81.0 Å². The molecule has 19 heavy (non-hydrogen) atoms. The van der Waals surface area contributed by atoms with Gasteiger partial charge in [-0.15, -0.1) is 0 Å². The third-order valence-corrected chi connectivity index (χ3v) is 3.96. The van der Waals surface area contributed by atoms with Crippen molar-refractivity contribution in [3.05, 3.63) is 21.6 Å². The number of aromatic nitrogens is 2. The average molecular weight is 285 g/mol. The quantitative estimate of drug-likeness (QED) is 0.520. The van der Waals surface area contributed by atoms with E-state index >= 15 is 0 Å². The number of halogens is 1.